The first-order valence-corrected chi connectivity index (χ1v) is 20.8. The Bertz CT molecular complexity index is 3060. The van der Waals surface area contributed by atoms with Crippen molar-refractivity contribution in [3.8, 4) is 17.8 Å². The van der Waals surface area contributed by atoms with Gasteiger partial charge < -0.3 is 8.97 Å². The zero-order valence-electron chi connectivity index (χ0n) is 30.4. The van der Waals surface area contributed by atoms with Crippen LogP contribution in [0.4, 0.5) is 0 Å². The van der Waals surface area contributed by atoms with E-state index in [1.54, 1.807) is 0 Å². The van der Waals surface area contributed by atoms with E-state index in [2.05, 4.69) is 93.9 Å². The maximum atomic E-state index is 11.0. The van der Waals surface area contributed by atoms with Crippen LogP contribution in [0.5, 0.6) is 0 Å². The largest absolute Gasteiger partial charge is 0.309 e. The van der Waals surface area contributed by atoms with Crippen LogP contribution in [0.1, 0.15) is 121 Å². The molecule has 0 spiro atoms. The number of nitriles is 2. The average Bonchev–Trinajstić information content (AvgIpc) is 3.72. The van der Waals surface area contributed by atoms with Crippen molar-refractivity contribution in [1.82, 2.24) is 8.97 Å². The van der Waals surface area contributed by atoms with E-state index in [1.807, 2.05) is 0 Å². The molecule has 0 aliphatic heterocycles. The van der Waals surface area contributed by atoms with Gasteiger partial charge in [0.05, 0.1) is 50.8 Å². The molecule has 4 saturated carbocycles. The van der Waals surface area contributed by atoms with Gasteiger partial charge in [0.25, 0.3) is 0 Å². The van der Waals surface area contributed by atoms with E-state index >= 15 is 0 Å². The normalized spacial score (nSPS) is 29.1. The van der Waals surface area contributed by atoms with Gasteiger partial charge in [-0.3, -0.25) is 0 Å². The number of para-hydroxylation sites is 2. The van der Waals surface area contributed by atoms with Crippen LogP contribution in [0.2, 0.25) is 0 Å². The van der Waals surface area contributed by atoms with Crippen molar-refractivity contribution in [1.29, 1.82) is 10.5 Å². The van der Waals surface area contributed by atoms with E-state index < -0.39 is 0 Å². The van der Waals surface area contributed by atoms with Gasteiger partial charge in [0, 0.05) is 38.0 Å². The van der Waals surface area contributed by atoms with Gasteiger partial charge in [-0.2, -0.15) is 10.5 Å². The van der Waals surface area contributed by atoms with E-state index in [0.29, 0.717) is 23.7 Å². The molecule has 54 heavy (non-hydrogen) atoms. The summed E-state index contributed by atoms with van der Waals surface area (Å²) in [5.74, 6) is 5.00. The summed E-state index contributed by atoms with van der Waals surface area (Å²) in [6, 6.07) is 32.7. The number of hydrogen-bond donors (Lipinski definition) is 0. The smallest absolute Gasteiger partial charge is 0.0995 e. The number of fused-ring (bicyclic) bond motifs is 10. The summed E-state index contributed by atoms with van der Waals surface area (Å²) in [5.41, 5.74) is 15.0. The van der Waals surface area contributed by atoms with Crippen LogP contribution < -0.4 is 0 Å². The van der Waals surface area contributed by atoms with Gasteiger partial charge in [-0.25, -0.2) is 0 Å². The second kappa shape index (κ2) is 9.85. The van der Waals surface area contributed by atoms with E-state index in [9.17, 15) is 10.5 Å². The quantitative estimate of drug-likeness (QED) is 0.172. The van der Waals surface area contributed by atoms with Crippen LogP contribution in [0, 0.1) is 46.3 Å². The molecule has 0 radical (unpaired) electrons. The van der Waals surface area contributed by atoms with Gasteiger partial charge in [-0.1, -0.05) is 36.4 Å². The summed E-state index contributed by atoms with van der Waals surface area (Å²) in [6.07, 6.45) is 12.7. The molecule has 260 valence electrons. The minimum absolute atomic E-state index is 0.472. The Kier molecular flexibility index (Phi) is 5.31. The van der Waals surface area contributed by atoms with E-state index in [1.165, 1.54) is 152 Å². The molecule has 5 aromatic carbocycles. The molecule has 4 fully saturated rings. The van der Waals surface area contributed by atoms with Crippen molar-refractivity contribution >= 4 is 59.9 Å². The topological polar surface area (TPSA) is 56.9 Å². The number of aromatic nitrogens is 2. The molecule has 8 aliphatic rings. The molecule has 4 atom stereocenters. The molecule has 8 bridgehead atoms. The van der Waals surface area contributed by atoms with E-state index in [0.717, 1.165) is 34.8 Å². The molecule has 0 saturated heterocycles. The molecular weight excluding hydrogens is 657 g/mol. The standard InChI is InChI=1S/C50H40N4/c51-23-33-20-39-47(44-31-16-25-10-26(17-31)13-29(12-25)42(33)44)37-22-41-46(36-8-4-5-9-38(36)53(41)35-6-2-1-3-7-35)49-48-40(54(39)50(37)49)21-34(24-52)43-30-14-27-11-28(15-30)19-32(18-27)45(43)48/h1-9,20-22,25-32H,10-19H2. The third-order valence-electron chi connectivity index (χ3n) is 16.1. The zero-order chi connectivity index (χ0) is 35.1. The molecule has 0 amide bonds. The van der Waals surface area contributed by atoms with Crippen LogP contribution in [0.25, 0.3) is 65.6 Å². The first-order chi connectivity index (χ1) is 26.6. The van der Waals surface area contributed by atoms with Gasteiger partial charge in [0.2, 0.25) is 0 Å². The van der Waals surface area contributed by atoms with Gasteiger partial charge in [0.15, 0.2) is 0 Å². The predicted octanol–water partition coefficient (Wildman–Crippen LogP) is 12.5. The van der Waals surface area contributed by atoms with Crippen molar-refractivity contribution in [3.63, 3.8) is 0 Å². The van der Waals surface area contributed by atoms with Crippen molar-refractivity contribution in [2.75, 3.05) is 0 Å². The highest BCUT2D eigenvalue weighted by Crippen LogP contribution is 2.62. The predicted molar refractivity (Wildman–Crippen MR) is 216 cm³/mol. The first-order valence-electron chi connectivity index (χ1n) is 20.8. The summed E-state index contributed by atoms with van der Waals surface area (Å²) < 4.78 is 5.09. The lowest BCUT2D eigenvalue weighted by Crippen LogP contribution is -2.25. The number of nitrogens with zero attached hydrogens (tertiary/aromatic N) is 4. The molecule has 0 N–H and O–H groups in total. The maximum Gasteiger partial charge on any atom is 0.0995 e. The molecule has 8 aliphatic carbocycles. The van der Waals surface area contributed by atoms with Crippen LogP contribution >= 0.6 is 0 Å². The maximum absolute atomic E-state index is 11.0. The fraction of sp³-hybridized carbons (Fsp3) is 0.360. The summed E-state index contributed by atoms with van der Waals surface area (Å²) >= 11 is 0. The second-order valence-electron chi connectivity index (χ2n) is 18.7. The fourth-order valence-corrected chi connectivity index (χ4v) is 14.9. The number of hydrogen-bond acceptors (Lipinski definition) is 2. The SMILES string of the molecule is N#Cc1cc2c(c3c1C1CC4CC(C1)CC3C4)c1cc3c(c4ccccc4n3-c3ccccc3)c3c4c5c(c(C#N)cc4n2c13)C1CC2CC(C1)CC5C2. The Morgan fingerprint density at radius 1 is 0.444 bits per heavy atom. The molecule has 4 unspecified atom stereocenters. The number of rotatable bonds is 1. The molecule has 3 heterocycles. The summed E-state index contributed by atoms with van der Waals surface area (Å²) in [7, 11) is 0. The van der Waals surface area contributed by atoms with Crippen molar-refractivity contribution in [2.45, 2.75) is 87.9 Å². The second-order valence-corrected chi connectivity index (χ2v) is 18.7. The van der Waals surface area contributed by atoms with Crippen molar-refractivity contribution < 1.29 is 0 Å². The van der Waals surface area contributed by atoms with Gasteiger partial charge in [-0.05, 0) is 170 Å². The van der Waals surface area contributed by atoms with Crippen LogP contribution in [-0.2, 0) is 0 Å². The molecule has 8 aromatic rings. The van der Waals surface area contributed by atoms with Crippen LogP contribution in [-0.4, -0.2) is 8.97 Å². The van der Waals surface area contributed by atoms with Crippen LogP contribution in [0.15, 0.2) is 72.8 Å². The lowest BCUT2D eigenvalue weighted by atomic mass is 9.67. The lowest BCUT2D eigenvalue weighted by molar-refractivity contribution is 0.166. The third-order valence-corrected chi connectivity index (χ3v) is 16.1. The highest BCUT2D eigenvalue weighted by molar-refractivity contribution is 6.36. The summed E-state index contributed by atoms with van der Waals surface area (Å²) in [4.78, 5) is 0. The van der Waals surface area contributed by atoms with Gasteiger partial charge >= 0.3 is 0 Å². The summed E-state index contributed by atoms with van der Waals surface area (Å²) in [5, 5.41) is 30.2. The minimum Gasteiger partial charge on any atom is -0.309 e. The Labute approximate surface area is 313 Å². The van der Waals surface area contributed by atoms with Gasteiger partial charge in [-0.15, -0.1) is 0 Å². The first kappa shape index (κ1) is 29.1. The highest BCUT2D eigenvalue weighted by Gasteiger charge is 2.47. The van der Waals surface area contributed by atoms with E-state index in [4.69, 9.17) is 0 Å². The van der Waals surface area contributed by atoms with Crippen LogP contribution in [0.3, 0.4) is 0 Å². The summed E-state index contributed by atoms with van der Waals surface area (Å²) in [6.45, 7) is 0. The lowest BCUT2D eigenvalue weighted by Gasteiger charge is -2.38. The Morgan fingerprint density at radius 2 is 0.963 bits per heavy atom. The zero-order valence-corrected chi connectivity index (χ0v) is 30.4. The monoisotopic (exact) mass is 696 g/mol. The Hall–Kier alpha value is -5.32. The Morgan fingerprint density at radius 3 is 1.56 bits per heavy atom. The molecule has 3 aromatic heterocycles. The molecule has 4 nitrogen and oxygen atoms in total. The van der Waals surface area contributed by atoms with Crippen molar-refractivity contribution in [2.24, 2.45) is 23.7 Å². The van der Waals surface area contributed by atoms with Crippen molar-refractivity contribution in [3.05, 3.63) is 106 Å². The average molecular weight is 697 g/mol. The van der Waals surface area contributed by atoms with Gasteiger partial charge in [0.1, 0.15) is 0 Å². The van der Waals surface area contributed by atoms with E-state index in [-0.39, 0.29) is 0 Å². The Balaban J connectivity index is 1.27. The number of benzene rings is 5. The molecule has 16 rings (SSSR count). The highest BCUT2D eigenvalue weighted by atomic mass is 15.0. The third kappa shape index (κ3) is 3.38. The molecule has 4 heteroatoms. The fourth-order valence-electron chi connectivity index (χ4n) is 14.9. The molecular formula is C50H40N4. The minimum atomic E-state index is 0.472.